The van der Waals surface area contributed by atoms with Crippen LogP contribution in [0.15, 0.2) is 11.6 Å². The highest BCUT2D eigenvalue weighted by Crippen LogP contribution is 2.26. The second-order valence-electron chi connectivity index (χ2n) is 5.61. The topological polar surface area (TPSA) is 28.2 Å². The molecule has 102 valence electrons. The summed E-state index contributed by atoms with van der Waals surface area (Å²) < 4.78 is 0. The SMILES string of the molecule is CCC(NC1CC(C)N(C)CC1C)c1nccs1. The molecule has 2 rings (SSSR count). The van der Waals surface area contributed by atoms with E-state index >= 15 is 0 Å². The zero-order valence-electron chi connectivity index (χ0n) is 11.9. The first-order valence-corrected chi connectivity index (χ1v) is 7.85. The highest BCUT2D eigenvalue weighted by molar-refractivity contribution is 7.09. The highest BCUT2D eigenvalue weighted by Gasteiger charge is 2.30. The quantitative estimate of drug-likeness (QED) is 0.909. The summed E-state index contributed by atoms with van der Waals surface area (Å²) in [5.41, 5.74) is 0. The molecule has 1 aliphatic rings. The van der Waals surface area contributed by atoms with Crippen molar-refractivity contribution in [2.24, 2.45) is 5.92 Å². The Balaban J connectivity index is 1.99. The average molecular weight is 267 g/mol. The first-order valence-electron chi connectivity index (χ1n) is 6.97. The smallest absolute Gasteiger partial charge is 0.109 e. The molecule has 0 saturated carbocycles. The fourth-order valence-electron chi connectivity index (χ4n) is 2.80. The van der Waals surface area contributed by atoms with Crippen molar-refractivity contribution in [2.75, 3.05) is 13.6 Å². The highest BCUT2D eigenvalue weighted by atomic mass is 32.1. The summed E-state index contributed by atoms with van der Waals surface area (Å²) in [4.78, 5) is 6.92. The molecule has 1 saturated heterocycles. The number of piperidine rings is 1. The predicted octanol–water partition coefficient (Wildman–Crippen LogP) is 2.91. The maximum absolute atomic E-state index is 4.46. The fraction of sp³-hybridized carbons (Fsp3) is 0.786. The van der Waals surface area contributed by atoms with Crippen molar-refractivity contribution in [3.63, 3.8) is 0 Å². The minimum absolute atomic E-state index is 0.424. The minimum Gasteiger partial charge on any atom is -0.305 e. The van der Waals surface area contributed by atoms with Gasteiger partial charge in [-0.05, 0) is 32.7 Å². The molecule has 1 fully saturated rings. The van der Waals surface area contributed by atoms with Crippen molar-refractivity contribution in [1.82, 2.24) is 15.2 Å². The molecule has 0 aromatic carbocycles. The molecule has 18 heavy (non-hydrogen) atoms. The van der Waals surface area contributed by atoms with E-state index in [-0.39, 0.29) is 0 Å². The Kier molecular flexibility index (Phi) is 4.76. The third-order valence-corrected chi connectivity index (χ3v) is 5.07. The lowest BCUT2D eigenvalue weighted by Crippen LogP contribution is -2.51. The van der Waals surface area contributed by atoms with Gasteiger partial charge in [-0.15, -0.1) is 11.3 Å². The Morgan fingerprint density at radius 3 is 2.94 bits per heavy atom. The average Bonchev–Trinajstić information content (AvgIpc) is 2.85. The number of aromatic nitrogens is 1. The Bertz CT molecular complexity index is 352. The summed E-state index contributed by atoms with van der Waals surface area (Å²) in [5.74, 6) is 0.709. The van der Waals surface area contributed by atoms with E-state index in [1.807, 2.05) is 6.20 Å². The zero-order valence-corrected chi connectivity index (χ0v) is 12.7. The van der Waals surface area contributed by atoms with Gasteiger partial charge in [-0.1, -0.05) is 13.8 Å². The van der Waals surface area contributed by atoms with Gasteiger partial charge in [0.2, 0.25) is 0 Å². The number of nitrogens with one attached hydrogen (secondary N) is 1. The van der Waals surface area contributed by atoms with Gasteiger partial charge in [-0.3, -0.25) is 0 Å². The molecule has 1 N–H and O–H groups in total. The molecule has 3 nitrogen and oxygen atoms in total. The van der Waals surface area contributed by atoms with Gasteiger partial charge in [0, 0.05) is 30.2 Å². The number of nitrogens with zero attached hydrogens (tertiary/aromatic N) is 2. The molecule has 4 heteroatoms. The van der Waals surface area contributed by atoms with Gasteiger partial charge in [0.15, 0.2) is 0 Å². The van der Waals surface area contributed by atoms with Gasteiger partial charge in [0.25, 0.3) is 0 Å². The van der Waals surface area contributed by atoms with Gasteiger partial charge >= 0.3 is 0 Å². The number of hydrogen-bond acceptors (Lipinski definition) is 4. The van der Waals surface area contributed by atoms with Crippen LogP contribution in [0.1, 0.15) is 44.7 Å². The molecule has 1 aromatic heterocycles. The molecule has 0 radical (unpaired) electrons. The second kappa shape index (κ2) is 6.13. The summed E-state index contributed by atoms with van der Waals surface area (Å²) in [6.07, 6.45) is 4.26. The molecule has 2 heterocycles. The second-order valence-corrected chi connectivity index (χ2v) is 6.53. The monoisotopic (exact) mass is 267 g/mol. The molecule has 4 atom stereocenters. The standard InChI is InChI=1S/C14H25N3S/c1-5-12(14-15-6-7-18-14)16-13-8-11(3)17(4)9-10(13)2/h6-7,10-13,16H,5,8-9H2,1-4H3. The molecular weight excluding hydrogens is 242 g/mol. The van der Waals surface area contributed by atoms with E-state index in [0.29, 0.717) is 24.0 Å². The molecule has 0 amide bonds. The predicted molar refractivity (Wildman–Crippen MR) is 77.9 cm³/mol. The Morgan fingerprint density at radius 2 is 2.33 bits per heavy atom. The summed E-state index contributed by atoms with van der Waals surface area (Å²) in [5, 5.41) is 7.13. The van der Waals surface area contributed by atoms with Crippen LogP contribution in [0.3, 0.4) is 0 Å². The first kappa shape index (κ1) is 14.0. The van der Waals surface area contributed by atoms with Crippen LogP contribution in [0.5, 0.6) is 0 Å². The van der Waals surface area contributed by atoms with Crippen molar-refractivity contribution in [1.29, 1.82) is 0 Å². The number of rotatable bonds is 4. The summed E-state index contributed by atoms with van der Waals surface area (Å²) in [7, 11) is 2.23. The normalized spacial score (nSPS) is 31.4. The van der Waals surface area contributed by atoms with E-state index < -0.39 is 0 Å². The summed E-state index contributed by atoms with van der Waals surface area (Å²) in [6, 6.07) is 1.71. The van der Waals surface area contributed by atoms with Gasteiger partial charge in [-0.25, -0.2) is 4.98 Å². The number of thiazole rings is 1. The molecular formula is C14H25N3S. The third-order valence-electron chi connectivity index (χ3n) is 4.18. The third kappa shape index (κ3) is 3.11. The first-order chi connectivity index (χ1) is 8.61. The van der Waals surface area contributed by atoms with E-state index in [9.17, 15) is 0 Å². The van der Waals surface area contributed by atoms with Crippen LogP contribution in [0.4, 0.5) is 0 Å². The largest absolute Gasteiger partial charge is 0.305 e. The number of hydrogen-bond donors (Lipinski definition) is 1. The lowest BCUT2D eigenvalue weighted by Gasteiger charge is -2.41. The van der Waals surface area contributed by atoms with E-state index in [1.54, 1.807) is 11.3 Å². The van der Waals surface area contributed by atoms with Crippen LogP contribution >= 0.6 is 11.3 Å². The molecule has 4 unspecified atom stereocenters. The maximum Gasteiger partial charge on any atom is 0.109 e. The lowest BCUT2D eigenvalue weighted by atomic mass is 9.89. The van der Waals surface area contributed by atoms with Gasteiger partial charge < -0.3 is 10.2 Å². The lowest BCUT2D eigenvalue weighted by molar-refractivity contribution is 0.115. The molecule has 0 bridgehead atoms. The molecule has 0 spiro atoms. The molecule has 0 aliphatic carbocycles. The van der Waals surface area contributed by atoms with Gasteiger partial charge in [-0.2, -0.15) is 0 Å². The van der Waals surface area contributed by atoms with Crippen molar-refractivity contribution in [3.05, 3.63) is 16.6 Å². The number of likely N-dealkylation sites (tertiary alicyclic amines) is 1. The Labute approximate surface area is 115 Å². The molecule has 1 aromatic rings. The zero-order chi connectivity index (χ0) is 13.1. The summed E-state index contributed by atoms with van der Waals surface area (Å²) >= 11 is 1.76. The van der Waals surface area contributed by atoms with E-state index in [1.165, 1.54) is 18.0 Å². The Morgan fingerprint density at radius 1 is 1.56 bits per heavy atom. The van der Waals surface area contributed by atoms with Crippen LogP contribution in [-0.4, -0.2) is 35.6 Å². The van der Waals surface area contributed by atoms with Crippen molar-refractivity contribution >= 4 is 11.3 Å². The van der Waals surface area contributed by atoms with Crippen LogP contribution in [0.2, 0.25) is 0 Å². The molecule has 1 aliphatic heterocycles. The Hall–Kier alpha value is -0.450. The van der Waals surface area contributed by atoms with E-state index in [2.05, 4.69) is 48.4 Å². The van der Waals surface area contributed by atoms with Gasteiger partial charge in [0.05, 0.1) is 6.04 Å². The van der Waals surface area contributed by atoms with Crippen LogP contribution in [0, 0.1) is 5.92 Å². The van der Waals surface area contributed by atoms with Crippen LogP contribution in [0.25, 0.3) is 0 Å². The van der Waals surface area contributed by atoms with E-state index in [0.717, 1.165) is 6.42 Å². The van der Waals surface area contributed by atoms with Crippen LogP contribution in [-0.2, 0) is 0 Å². The van der Waals surface area contributed by atoms with Crippen LogP contribution < -0.4 is 5.32 Å². The fourth-order valence-corrected chi connectivity index (χ4v) is 3.58. The minimum atomic E-state index is 0.424. The van der Waals surface area contributed by atoms with Crippen molar-refractivity contribution in [2.45, 2.75) is 51.7 Å². The van der Waals surface area contributed by atoms with Crippen molar-refractivity contribution < 1.29 is 0 Å². The van der Waals surface area contributed by atoms with E-state index in [4.69, 9.17) is 0 Å². The van der Waals surface area contributed by atoms with Crippen molar-refractivity contribution in [3.8, 4) is 0 Å². The maximum atomic E-state index is 4.46. The van der Waals surface area contributed by atoms with Gasteiger partial charge in [0.1, 0.15) is 5.01 Å². The summed E-state index contributed by atoms with van der Waals surface area (Å²) in [6.45, 7) is 8.11.